The zero-order chi connectivity index (χ0) is 7.68. The van der Waals surface area contributed by atoms with Crippen LogP contribution in [-0.4, -0.2) is 22.8 Å². The molecule has 0 bridgehead atoms. The van der Waals surface area contributed by atoms with E-state index in [9.17, 15) is 0 Å². The molecule has 4 heteroatoms. The number of hydrogen-bond acceptors (Lipinski definition) is 2. The van der Waals surface area contributed by atoms with Crippen LogP contribution in [-0.2, 0) is 4.74 Å². The quantitative estimate of drug-likeness (QED) is 0.714. The summed E-state index contributed by atoms with van der Waals surface area (Å²) in [4.78, 5) is 4.09. The van der Waals surface area contributed by atoms with Crippen LogP contribution >= 0.6 is 15.9 Å². The second kappa shape index (κ2) is 2.95. The van der Waals surface area contributed by atoms with Crippen molar-refractivity contribution in [1.29, 1.82) is 0 Å². The molecule has 0 saturated carbocycles. The van der Waals surface area contributed by atoms with Gasteiger partial charge < -0.3 is 9.30 Å². The molecule has 1 atom stereocenters. The van der Waals surface area contributed by atoms with Gasteiger partial charge in [-0.05, 0) is 22.4 Å². The van der Waals surface area contributed by atoms with Crippen molar-refractivity contribution in [2.75, 3.05) is 13.2 Å². The summed E-state index contributed by atoms with van der Waals surface area (Å²) in [6, 6.07) is 0.479. The molecule has 0 aromatic carbocycles. The van der Waals surface area contributed by atoms with E-state index in [1.54, 1.807) is 6.20 Å². The fourth-order valence-corrected chi connectivity index (χ4v) is 1.83. The van der Waals surface area contributed by atoms with Crippen LogP contribution < -0.4 is 0 Å². The summed E-state index contributed by atoms with van der Waals surface area (Å²) in [7, 11) is 0. The highest BCUT2D eigenvalue weighted by atomic mass is 79.9. The van der Waals surface area contributed by atoms with Crippen LogP contribution in [0.15, 0.2) is 17.1 Å². The van der Waals surface area contributed by atoms with Crippen molar-refractivity contribution < 1.29 is 4.74 Å². The number of hydrogen-bond donors (Lipinski definition) is 0. The Labute approximate surface area is 73.5 Å². The lowest BCUT2D eigenvalue weighted by Crippen LogP contribution is -2.07. The Morgan fingerprint density at radius 3 is 3.18 bits per heavy atom. The zero-order valence-electron chi connectivity index (χ0n) is 6.03. The van der Waals surface area contributed by atoms with Gasteiger partial charge in [-0.15, -0.1) is 0 Å². The second-order valence-corrected chi connectivity index (χ2v) is 3.33. The van der Waals surface area contributed by atoms with Crippen LogP contribution in [0.1, 0.15) is 12.5 Å². The van der Waals surface area contributed by atoms with Gasteiger partial charge in [0.2, 0.25) is 0 Å². The van der Waals surface area contributed by atoms with E-state index in [-0.39, 0.29) is 0 Å². The number of imidazole rings is 1. The summed E-state index contributed by atoms with van der Waals surface area (Å²) in [6.45, 7) is 1.68. The van der Waals surface area contributed by atoms with Gasteiger partial charge in [0, 0.05) is 19.0 Å². The number of nitrogens with zero attached hydrogens (tertiary/aromatic N) is 2. The summed E-state index contributed by atoms with van der Waals surface area (Å²) in [5.74, 6) is 0. The van der Waals surface area contributed by atoms with Gasteiger partial charge in [-0.3, -0.25) is 0 Å². The van der Waals surface area contributed by atoms with E-state index < -0.39 is 0 Å². The predicted octanol–water partition coefficient (Wildman–Crippen LogP) is 1.61. The van der Waals surface area contributed by atoms with Crippen molar-refractivity contribution in [3.63, 3.8) is 0 Å². The molecule has 0 amide bonds. The van der Waals surface area contributed by atoms with Gasteiger partial charge in [-0.25, -0.2) is 4.98 Å². The number of ether oxygens (including phenoxy) is 1. The highest BCUT2D eigenvalue weighted by molar-refractivity contribution is 9.10. The third kappa shape index (κ3) is 1.32. The summed E-state index contributed by atoms with van der Waals surface area (Å²) in [5, 5.41) is 0. The van der Waals surface area contributed by atoms with E-state index in [1.165, 1.54) is 0 Å². The monoisotopic (exact) mass is 216 g/mol. The first-order valence-electron chi connectivity index (χ1n) is 3.64. The maximum absolute atomic E-state index is 5.27. The second-order valence-electron chi connectivity index (χ2n) is 2.62. The van der Waals surface area contributed by atoms with Gasteiger partial charge in [0.25, 0.3) is 0 Å². The lowest BCUT2D eigenvalue weighted by molar-refractivity contribution is 0.186. The maximum atomic E-state index is 5.27. The van der Waals surface area contributed by atoms with Crippen LogP contribution in [0.2, 0.25) is 0 Å². The van der Waals surface area contributed by atoms with E-state index in [0.717, 1.165) is 24.4 Å². The van der Waals surface area contributed by atoms with E-state index in [2.05, 4.69) is 25.5 Å². The smallest absolute Gasteiger partial charge is 0.177 e. The average Bonchev–Trinajstić information content (AvgIpc) is 2.55. The maximum Gasteiger partial charge on any atom is 0.177 e. The van der Waals surface area contributed by atoms with Crippen LogP contribution in [0.25, 0.3) is 0 Å². The van der Waals surface area contributed by atoms with Crippen molar-refractivity contribution in [3.8, 4) is 0 Å². The third-order valence-electron chi connectivity index (χ3n) is 1.92. The van der Waals surface area contributed by atoms with E-state index >= 15 is 0 Å². The highest BCUT2D eigenvalue weighted by Gasteiger charge is 2.18. The minimum atomic E-state index is 0.479. The first-order valence-corrected chi connectivity index (χ1v) is 4.43. The van der Waals surface area contributed by atoms with Crippen LogP contribution in [0.5, 0.6) is 0 Å². The molecule has 1 aromatic rings. The van der Waals surface area contributed by atoms with Crippen molar-refractivity contribution in [1.82, 2.24) is 9.55 Å². The lowest BCUT2D eigenvalue weighted by Gasteiger charge is -2.09. The Balaban J connectivity index is 2.21. The first kappa shape index (κ1) is 7.31. The highest BCUT2D eigenvalue weighted by Crippen LogP contribution is 2.22. The number of rotatable bonds is 1. The SMILES string of the molecule is Brc1nccn1C1CCOC1. The molecule has 0 N–H and O–H groups in total. The fraction of sp³-hybridized carbons (Fsp3) is 0.571. The molecule has 2 heterocycles. The first-order chi connectivity index (χ1) is 5.38. The van der Waals surface area contributed by atoms with E-state index in [0.29, 0.717) is 6.04 Å². The normalized spacial score (nSPS) is 24.3. The molecule has 3 nitrogen and oxygen atoms in total. The summed E-state index contributed by atoms with van der Waals surface area (Å²) >= 11 is 3.37. The van der Waals surface area contributed by atoms with E-state index in [4.69, 9.17) is 4.74 Å². The van der Waals surface area contributed by atoms with Crippen LogP contribution in [0, 0.1) is 0 Å². The molecule has 60 valence electrons. The van der Waals surface area contributed by atoms with Gasteiger partial charge in [-0.1, -0.05) is 0 Å². The van der Waals surface area contributed by atoms with Crippen molar-refractivity contribution in [3.05, 3.63) is 17.1 Å². The lowest BCUT2D eigenvalue weighted by atomic mass is 10.3. The number of halogens is 1. The Kier molecular flexibility index (Phi) is 1.96. The molecular weight excluding hydrogens is 208 g/mol. The predicted molar refractivity (Wildman–Crippen MR) is 44.4 cm³/mol. The molecule has 1 fully saturated rings. The standard InChI is InChI=1S/C7H9BrN2O/c8-7-9-2-3-10(7)6-1-4-11-5-6/h2-3,6H,1,4-5H2. The van der Waals surface area contributed by atoms with Gasteiger partial charge in [0.15, 0.2) is 4.73 Å². The van der Waals surface area contributed by atoms with Crippen LogP contribution in [0.4, 0.5) is 0 Å². The molecule has 1 aromatic heterocycles. The van der Waals surface area contributed by atoms with Gasteiger partial charge in [-0.2, -0.15) is 0 Å². The Morgan fingerprint density at radius 1 is 1.73 bits per heavy atom. The molecule has 11 heavy (non-hydrogen) atoms. The molecule has 2 rings (SSSR count). The fourth-order valence-electron chi connectivity index (χ4n) is 1.31. The molecule has 1 aliphatic heterocycles. The summed E-state index contributed by atoms with van der Waals surface area (Å²) in [5.41, 5.74) is 0. The zero-order valence-corrected chi connectivity index (χ0v) is 7.62. The van der Waals surface area contributed by atoms with Gasteiger partial charge in [0.05, 0.1) is 12.6 Å². The van der Waals surface area contributed by atoms with Gasteiger partial charge >= 0.3 is 0 Å². The molecular formula is C7H9BrN2O. The van der Waals surface area contributed by atoms with Crippen molar-refractivity contribution in [2.24, 2.45) is 0 Å². The summed E-state index contributed by atoms with van der Waals surface area (Å²) in [6.07, 6.45) is 4.86. The van der Waals surface area contributed by atoms with E-state index in [1.807, 2.05) is 6.20 Å². The topological polar surface area (TPSA) is 27.1 Å². The van der Waals surface area contributed by atoms with Gasteiger partial charge in [0.1, 0.15) is 0 Å². The Hall–Kier alpha value is -0.350. The molecule has 0 spiro atoms. The Morgan fingerprint density at radius 2 is 2.64 bits per heavy atom. The molecule has 0 aliphatic carbocycles. The number of aromatic nitrogens is 2. The largest absolute Gasteiger partial charge is 0.379 e. The van der Waals surface area contributed by atoms with Crippen molar-refractivity contribution in [2.45, 2.75) is 12.5 Å². The molecule has 1 aliphatic rings. The van der Waals surface area contributed by atoms with Crippen molar-refractivity contribution >= 4 is 15.9 Å². The molecule has 0 radical (unpaired) electrons. The third-order valence-corrected chi connectivity index (χ3v) is 2.53. The minimum Gasteiger partial charge on any atom is -0.379 e. The van der Waals surface area contributed by atoms with Crippen LogP contribution in [0.3, 0.4) is 0 Å². The average molecular weight is 217 g/mol. The molecule has 1 unspecified atom stereocenters. The molecule has 1 saturated heterocycles. The summed E-state index contributed by atoms with van der Waals surface area (Å²) < 4.78 is 8.27. The minimum absolute atomic E-state index is 0.479. The Bertz CT molecular complexity index is 242.